The van der Waals surface area contributed by atoms with Crippen molar-refractivity contribution in [1.82, 2.24) is 0 Å². The number of anilines is 1. The Labute approximate surface area is 210 Å². The molecule has 2 heterocycles. The van der Waals surface area contributed by atoms with E-state index in [2.05, 4.69) is 0 Å². The Bertz CT molecular complexity index is 1560. The molecule has 1 aliphatic rings. The molecule has 0 fully saturated rings. The second-order valence-electron chi connectivity index (χ2n) is 8.19. The topological polar surface area (TPSA) is 76.8 Å². The summed E-state index contributed by atoms with van der Waals surface area (Å²) in [6.07, 6.45) is 0. The quantitative estimate of drug-likeness (QED) is 0.301. The van der Waals surface area contributed by atoms with Crippen LogP contribution in [0.5, 0.6) is 0 Å². The molecule has 8 heteroatoms. The van der Waals surface area contributed by atoms with Crippen molar-refractivity contribution in [2.24, 2.45) is 0 Å². The van der Waals surface area contributed by atoms with E-state index < -0.39 is 17.9 Å². The molecule has 4 aromatic rings. The van der Waals surface area contributed by atoms with E-state index in [0.717, 1.165) is 5.56 Å². The fraction of sp³-hybridized carbons (Fsp3) is 0.148. The summed E-state index contributed by atoms with van der Waals surface area (Å²) in [6, 6.07) is 15.8. The Morgan fingerprint density at radius 1 is 1.00 bits per heavy atom. The standard InChI is InChI=1S/C27H19Cl2NO5/c1-3-34-27(33)15-5-8-17(9-6-15)30-23(16-7-10-19(28)20(29)13-16)22-24(31)18-12-14(2)4-11-21(18)35-25(22)26(30)32/h4-13,23H,3H2,1-2H3. The van der Waals surface area contributed by atoms with Crippen LogP contribution in [0.1, 0.15) is 50.6 Å². The van der Waals surface area contributed by atoms with Crippen LogP contribution in [0.25, 0.3) is 11.0 Å². The van der Waals surface area contributed by atoms with Gasteiger partial charge in [-0.25, -0.2) is 4.79 Å². The van der Waals surface area contributed by atoms with Crippen LogP contribution in [-0.4, -0.2) is 18.5 Å². The van der Waals surface area contributed by atoms with Crippen LogP contribution in [0.3, 0.4) is 0 Å². The van der Waals surface area contributed by atoms with Crippen molar-refractivity contribution < 1.29 is 18.7 Å². The van der Waals surface area contributed by atoms with Crippen molar-refractivity contribution in [2.45, 2.75) is 19.9 Å². The maximum atomic E-state index is 13.7. The van der Waals surface area contributed by atoms with Crippen LogP contribution in [0.15, 0.2) is 69.9 Å². The number of aryl methyl sites for hydroxylation is 1. The molecular weight excluding hydrogens is 489 g/mol. The van der Waals surface area contributed by atoms with Gasteiger partial charge in [-0.3, -0.25) is 14.5 Å². The molecular formula is C27H19Cl2NO5. The Morgan fingerprint density at radius 3 is 2.43 bits per heavy atom. The molecule has 0 N–H and O–H groups in total. The second kappa shape index (κ2) is 8.87. The predicted octanol–water partition coefficient (Wildman–Crippen LogP) is 6.33. The lowest BCUT2D eigenvalue weighted by atomic mass is 9.98. The Kier molecular flexibility index (Phi) is 5.87. The first-order valence-electron chi connectivity index (χ1n) is 10.9. The average Bonchev–Trinajstić information content (AvgIpc) is 3.14. The number of hydrogen-bond acceptors (Lipinski definition) is 5. The maximum Gasteiger partial charge on any atom is 0.338 e. The van der Waals surface area contributed by atoms with Gasteiger partial charge in [-0.1, -0.05) is 40.9 Å². The fourth-order valence-electron chi connectivity index (χ4n) is 4.32. The van der Waals surface area contributed by atoms with Crippen LogP contribution in [0, 0.1) is 6.92 Å². The SMILES string of the molecule is CCOC(=O)c1ccc(N2C(=O)c3oc4ccc(C)cc4c(=O)c3C2c2ccc(Cl)c(Cl)c2)cc1. The van der Waals surface area contributed by atoms with Gasteiger partial charge in [-0.15, -0.1) is 0 Å². The predicted molar refractivity (Wildman–Crippen MR) is 135 cm³/mol. The van der Waals surface area contributed by atoms with Gasteiger partial charge in [0.2, 0.25) is 5.76 Å². The number of nitrogens with zero attached hydrogens (tertiary/aromatic N) is 1. The molecule has 1 amide bonds. The Balaban J connectivity index is 1.72. The number of amides is 1. The number of carbonyl (C=O) groups is 2. The Hall–Kier alpha value is -3.61. The molecule has 1 aliphatic heterocycles. The number of fused-ring (bicyclic) bond motifs is 2. The minimum atomic E-state index is -0.804. The van der Waals surface area contributed by atoms with Crippen molar-refractivity contribution >= 4 is 51.7 Å². The molecule has 5 rings (SSSR count). The van der Waals surface area contributed by atoms with Crippen molar-refractivity contribution in [3.05, 3.63) is 109 Å². The number of benzene rings is 3. The minimum absolute atomic E-state index is 0.0307. The second-order valence-corrected chi connectivity index (χ2v) is 9.01. The molecule has 0 aliphatic carbocycles. The van der Waals surface area contributed by atoms with E-state index >= 15 is 0 Å². The van der Waals surface area contributed by atoms with Crippen molar-refractivity contribution in [2.75, 3.05) is 11.5 Å². The summed E-state index contributed by atoms with van der Waals surface area (Å²) in [6.45, 7) is 3.86. The summed E-state index contributed by atoms with van der Waals surface area (Å²) in [5, 5.41) is 1.04. The number of carbonyl (C=O) groups excluding carboxylic acids is 2. The van der Waals surface area contributed by atoms with Crippen LogP contribution in [0.2, 0.25) is 10.0 Å². The first kappa shape index (κ1) is 23.1. The summed E-state index contributed by atoms with van der Waals surface area (Å²) in [7, 11) is 0. The number of halogens is 2. The molecule has 6 nitrogen and oxygen atoms in total. The van der Waals surface area contributed by atoms with Crippen molar-refractivity contribution in [3.8, 4) is 0 Å². The van der Waals surface area contributed by atoms with Gasteiger partial charge in [0, 0.05) is 5.69 Å². The van der Waals surface area contributed by atoms with E-state index in [1.165, 1.54) is 4.90 Å². The van der Waals surface area contributed by atoms with Gasteiger partial charge < -0.3 is 9.15 Å². The third-order valence-corrected chi connectivity index (χ3v) is 6.68. The van der Waals surface area contributed by atoms with E-state index in [1.54, 1.807) is 61.5 Å². The van der Waals surface area contributed by atoms with Gasteiger partial charge in [0.15, 0.2) is 5.43 Å². The molecule has 0 bridgehead atoms. The largest absolute Gasteiger partial charge is 0.462 e. The van der Waals surface area contributed by atoms with Crippen LogP contribution in [-0.2, 0) is 4.74 Å². The zero-order valence-electron chi connectivity index (χ0n) is 18.8. The van der Waals surface area contributed by atoms with Gasteiger partial charge >= 0.3 is 5.97 Å². The number of rotatable bonds is 4. The summed E-state index contributed by atoms with van der Waals surface area (Å²) in [4.78, 5) is 40.9. The van der Waals surface area contributed by atoms with Crippen LogP contribution in [0.4, 0.5) is 5.69 Å². The molecule has 3 aromatic carbocycles. The van der Waals surface area contributed by atoms with Gasteiger partial charge in [-0.05, 0) is 67.9 Å². The van der Waals surface area contributed by atoms with Gasteiger partial charge in [-0.2, -0.15) is 0 Å². The lowest BCUT2D eigenvalue weighted by molar-refractivity contribution is 0.0526. The normalized spacial score (nSPS) is 14.9. The van der Waals surface area contributed by atoms with Crippen molar-refractivity contribution in [1.29, 1.82) is 0 Å². The van der Waals surface area contributed by atoms with E-state index in [1.807, 2.05) is 13.0 Å². The third kappa shape index (κ3) is 3.89. The summed E-state index contributed by atoms with van der Waals surface area (Å²) >= 11 is 12.4. The molecule has 0 radical (unpaired) electrons. The zero-order valence-corrected chi connectivity index (χ0v) is 20.3. The van der Waals surface area contributed by atoms with Crippen molar-refractivity contribution in [3.63, 3.8) is 0 Å². The van der Waals surface area contributed by atoms with E-state index in [0.29, 0.717) is 37.8 Å². The molecule has 0 spiro atoms. The van der Waals surface area contributed by atoms with E-state index in [9.17, 15) is 14.4 Å². The highest BCUT2D eigenvalue weighted by atomic mass is 35.5. The number of ether oxygens (including phenoxy) is 1. The first-order valence-corrected chi connectivity index (χ1v) is 11.7. The van der Waals surface area contributed by atoms with Gasteiger partial charge in [0.1, 0.15) is 5.58 Å². The highest BCUT2D eigenvalue weighted by Crippen LogP contribution is 2.42. The Morgan fingerprint density at radius 2 is 1.74 bits per heavy atom. The van der Waals surface area contributed by atoms with Crippen LogP contribution < -0.4 is 10.3 Å². The summed E-state index contributed by atoms with van der Waals surface area (Å²) < 4.78 is 11.0. The molecule has 35 heavy (non-hydrogen) atoms. The molecule has 0 saturated carbocycles. The molecule has 1 unspecified atom stereocenters. The fourth-order valence-corrected chi connectivity index (χ4v) is 4.63. The lowest BCUT2D eigenvalue weighted by Gasteiger charge is -2.25. The summed E-state index contributed by atoms with van der Waals surface area (Å²) in [5.41, 5.74) is 2.58. The summed E-state index contributed by atoms with van der Waals surface area (Å²) in [5.74, 6) is -0.967. The number of hydrogen-bond donors (Lipinski definition) is 0. The maximum absolute atomic E-state index is 13.7. The minimum Gasteiger partial charge on any atom is -0.462 e. The molecule has 176 valence electrons. The van der Waals surface area contributed by atoms with E-state index in [4.69, 9.17) is 32.4 Å². The van der Waals surface area contributed by atoms with Crippen LogP contribution >= 0.6 is 23.2 Å². The first-order chi connectivity index (χ1) is 16.8. The zero-order chi connectivity index (χ0) is 24.9. The molecule has 1 atom stereocenters. The monoisotopic (exact) mass is 507 g/mol. The van der Waals surface area contributed by atoms with Gasteiger partial charge in [0.05, 0.1) is 39.2 Å². The highest BCUT2D eigenvalue weighted by molar-refractivity contribution is 6.42. The lowest BCUT2D eigenvalue weighted by Crippen LogP contribution is -2.29. The van der Waals surface area contributed by atoms with Gasteiger partial charge in [0.25, 0.3) is 5.91 Å². The molecule has 1 aromatic heterocycles. The van der Waals surface area contributed by atoms with E-state index in [-0.39, 0.29) is 23.4 Å². The smallest absolute Gasteiger partial charge is 0.338 e. The highest BCUT2D eigenvalue weighted by Gasteiger charge is 2.43. The molecule has 0 saturated heterocycles. The number of esters is 1. The average molecular weight is 508 g/mol. The third-order valence-electron chi connectivity index (χ3n) is 5.94.